The van der Waals surface area contributed by atoms with Crippen molar-refractivity contribution in [3.05, 3.63) is 70.3 Å². The molecule has 0 saturated heterocycles. The summed E-state index contributed by atoms with van der Waals surface area (Å²) in [4.78, 5) is 0. The zero-order valence-corrected chi connectivity index (χ0v) is 14.2. The first-order chi connectivity index (χ1) is 10.8. The predicted molar refractivity (Wildman–Crippen MR) is 91.2 cm³/mol. The topological polar surface area (TPSA) is 0 Å². The molecule has 0 amide bonds. The van der Waals surface area contributed by atoms with Crippen molar-refractivity contribution in [2.24, 2.45) is 5.41 Å². The first kappa shape index (κ1) is 16.2. The van der Waals surface area contributed by atoms with Crippen molar-refractivity contribution in [3.8, 4) is 0 Å². The lowest BCUT2D eigenvalue weighted by atomic mass is 9.99. The standard InChI is InChI=1S/C21H24F2/c1-5-14-6-8-15(9-7-14)18-19(21(18,3)4)16-10-13(2)11-17(12-16)20(22)23/h6-12,18-20H,5H2,1-4H3. The van der Waals surface area contributed by atoms with Crippen LogP contribution in [0.1, 0.15) is 66.8 Å². The molecule has 23 heavy (non-hydrogen) atoms. The minimum atomic E-state index is -2.40. The van der Waals surface area contributed by atoms with Crippen molar-refractivity contribution in [2.75, 3.05) is 0 Å². The molecule has 122 valence electrons. The van der Waals surface area contributed by atoms with E-state index >= 15 is 0 Å². The monoisotopic (exact) mass is 314 g/mol. The highest BCUT2D eigenvalue weighted by Gasteiger charge is 2.58. The third-order valence-corrected chi connectivity index (χ3v) is 5.31. The molecule has 0 bridgehead atoms. The van der Waals surface area contributed by atoms with E-state index in [1.54, 1.807) is 12.1 Å². The van der Waals surface area contributed by atoms with E-state index in [9.17, 15) is 8.78 Å². The Bertz CT molecular complexity index is 698. The highest BCUT2D eigenvalue weighted by atomic mass is 19.3. The van der Waals surface area contributed by atoms with E-state index in [2.05, 4.69) is 51.1 Å². The van der Waals surface area contributed by atoms with Crippen LogP contribution < -0.4 is 0 Å². The molecule has 2 aromatic rings. The fourth-order valence-electron chi connectivity index (χ4n) is 3.99. The summed E-state index contributed by atoms with van der Waals surface area (Å²) in [6, 6.07) is 14.1. The number of benzene rings is 2. The van der Waals surface area contributed by atoms with Crippen LogP contribution in [0.2, 0.25) is 0 Å². The second-order valence-corrected chi connectivity index (χ2v) is 7.35. The first-order valence-corrected chi connectivity index (χ1v) is 8.33. The van der Waals surface area contributed by atoms with E-state index in [1.807, 2.05) is 6.92 Å². The van der Waals surface area contributed by atoms with Crippen molar-refractivity contribution in [2.45, 2.75) is 52.4 Å². The van der Waals surface area contributed by atoms with Crippen molar-refractivity contribution >= 4 is 0 Å². The molecule has 1 saturated carbocycles. The van der Waals surface area contributed by atoms with E-state index in [1.165, 1.54) is 11.1 Å². The van der Waals surface area contributed by atoms with Crippen LogP contribution in [-0.4, -0.2) is 0 Å². The first-order valence-electron chi connectivity index (χ1n) is 8.33. The normalized spacial score (nSPS) is 22.4. The summed E-state index contributed by atoms with van der Waals surface area (Å²) >= 11 is 0. The average molecular weight is 314 g/mol. The maximum Gasteiger partial charge on any atom is 0.263 e. The zero-order valence-electron chi connectivity index (χ0n) is 14.2. The Morgan fingerprint density at radius 3 is 2.13 bits per heavy atom. The smallest absolute Gasteiger partial charge is 0.205 e. The third-order valence-electron chi connectivity index (χ3n) is 5.31. The van der Waals surface area contributed by atoms with Gasteiger partial charge < -0.3 is 0 Å². The third kappa shape index (κ3) is 2.91. The number of alkyl halides is 2. The average Bonchev–Trinajstić information content (AvgIpc) is 3.09. The lowest BCUT2D eigenvalue weighted by Crippen LogP contribution is -1.94. The molecular weight excluding hydrogens is 290 g/mol. The van der Waals surface area contributed by atoms with E-state index in [0.717, 1.165) is 17.5 Å². The van der Waals surface area contributed by atoms with Crippen molar-refractivity contribution in [1.29, 1.82) is 0 Å². The summed E-state index contributed by atoms with van der Waals surface area (Å²) in [6.45, 7) is 8.52. The molecule has 2 heteroatoms. The molecule has 1 aliphatic carbocycles. The summed E-state index contributed by atoms with van der Waals surface area (Å²) in [5.41, 5.74) is 4.87. The van der Waals surface area contributed by atoms with Crippen LogP contribution in [0.3, 0.4) is 0 Å². The van der Waals surface area contributed by atoms with E-state index in [4.69, 9.17) is 0 Å². The van der Waals surface area contributed by atoms with E-state index < -0.39 is 6.43 Å². The Morgan fingerprint density at radius 1 is 0.957 bits per heavy atom. The fraction of sp³-hybridized carbons (Fsp3) is 0.429. The Hall–Kier alpha value is -1.70. The molecule has 2 aromatic carbocycles. The number of hydrogen-bond acceptors (Lipinski definition) is 0. The Labute approximate surface area is 137 Å². The molecule has 0 N–H and O–H groups in total. The van der Waals surface area contributed by atoms with Crippen molar-refractivity contribution in [1.82, 2.24) is 0 Å². The summed E-state index contributed by atoms with van der Waals surface area (Å²) in [5, 5.41) is 0. The molecule has 0 aromatic heterocycles. The van der Waals surface area contributed by atoms with Gasteiger partial charge in [-0.1, -0.05) is 62.7 Å². The molecule has 0 spiro atoms. The minimum Gasteiger partial charge on any atom is -0.205 e. The summed E-state index contributed by atoms with van der Waals surface area (Å²) in [6.07, 6.45) is -1.37. The van der Waals surface area contributed by atoms with Crippen LogP contribution in [-0.2, 0) is 6.42 Å². The lowest BCUT2D eigenvalue weighted by molar-refractivity contribution is 0.151. The van der Waals surface area contributed by atoms with Gasteiger partial charge in [0.05, 0.1) is 0 Å². The van der Waals surface area contributed by atoms with Crippen LogP contribution >= 0.6 is 0 Å². The lowest BCUT2D eigenvalue weighted by Gasteiger charge is -2.08. The van der Waals surface area contributed by atoms with Gasteiger partial charge >= 0.3 is 0 Å². The Morgan fingerprint density at radius 2 is 1.57 bits per heavy atom. The predicted octanol–water partition coefficient (Wildman–Crippen LogP) is 6.40. The molecule has 0 radical (unpaired) electrons. The van der Waals surface area contributed by atoms with Crippen LogP contribution in [0.25, 0.3) is 0 Å². The van der Waals surface area contributed by atoms with Gasteiger partial charge in [-0.25, -0.2) is 8.78 Å². The molecule has 1 fully saturated rings. The second-order valence-electron chi connectivity index (χ2n) is 7.35. The zero-order chi connectivity index (χ0) is 16.8. The van der Waals surface area contributed by atoms with Gasteiger partial charge in [0, 0.05) is 5.56 Å². The molecule has 2 unspecified atom stereocenters. The molecular formula is C21H24F2. The second kappa shape index (κ2) is 5.74. The van der Waals surface area contributed by atoms with Crippen molar-refractivity contribution < 1.29 is 8.78 Å². The van der Waals surface area contributed by atoms with Gasteiger partial charge in [-0.15, -0.1) is 0 Å². The van der Waals surface area contributed by atoms with Gasteiger partial charge in [0.25, 0.3) is 6.43 Å². The maximum atomic E-state index is 13.1. The number of aryl methyl sites for hydroxylation is 2. The Balaban J connectivity index is 1.94. The van der Waals surface area contributed by atoms with Crippen LogP contribution in [0.15, 0.2) is 42.5 Å². The molecule has 0 aliphatic heterocycles. The number of rotatable bonds is 4. The van der Waals surface area contributed by atoms with Gasteiger partial charge in [-0.2, -0.15) is 0 Å². The summed E-state index contributed by atoms with van der Waals surface area (Å²) < 4.78 is 26.2. The van der Waals surface area contributed by atoms with Crippen molar-refractivity contribution in [3.63, 3.8) is 0 Å². The van der Waals surface area contributed by atoms with Gasteiger partial charge in [0.1, 0.15) is 0 Å². The van der Waals surface area contributed by atoms with Gasteiger partial charge in [0.2, 0.25) is 0 Å². The fourth-order valence-corrected chi connectivity index (χ4v) is 3.99. The minimum absolute atomic E-state index is 0.112. The molecule has 0 nitrogen and oxygen atoms in total. The largest absolute Gasteiger partial charge is 0.263 e. The Kier molecular flexibility index (Phi) is 4.03. The molecule has 1 aliphatic rings. The molecule has 2 atom stereocenters. The van der Waals surface area contributed by atoms with E-state index in [-0.39, 0.29) is 11.0 Å². The summed E-state index contributed by atoms with van der Waals surface area (Å²) in [7, 11) is 0. The summed E-state index contributed by atoms with van der Waals surface area (Å²) in [5.74, 6) is 0.716. The van der Waals surface area contributed by atoms with Gasteiger partial charge in [-0.05, 0) is 53.4 Å². The van der Waals surface area contributed by atoms with Gasteiger partial charge in [0.15, 0.2) is 0 Å². The highest BCUT2D eigenvalue weighted by molar-refractivity contribution is 5.45. The maximum absolute atomic E-state index is 13.1. The van der Waals surface area contributed by atoms with Crippen LogP contribution in [0.5, 0.6) is 0 Å². The highest BCUT2D eigenvalue weighted by Crippen LogP contribution is 2.70. The van der Waals surface area contributed by atoms with Crippen LogP contribution in [0, 0.1) is 12.3 Å². The molecule has 3 rings (SSSR count). The van der Waals surface area contributed by atoms with E-state index in [0.29, 0.717) is 11.8 Å². The van der Waals surface area contributed by atoms with Gasteiger partial charge in [-0.3, -0.25) is 0 Å². The quantitative estimate of drug-likeness (QED) is 0.612. The number of hydrogen-bond donors (Lipinski definition) is 0. The SMILES string of the molecule is CCc1ccc(C2C(c3cc(C)cc(C(F)F)c3)C2(C)C)cc1. The number of halogens is 2. The molecule has 0 heterocycles. The van der Waals surface area contributed by atoms with Crippen LogP contribution in [0.4, 0.5) is 8.78 Å².